The Bertz CT molecular complexity index is 263. The van der Waals surface area contributed by atoms with Crippen LogP contribution in [0.1, 0.15) is 13.8 Å². The SMILES string of the molecule is CC1=CC(C=O)C(C)(C=O)C=C1. The van der Waals surface area contributed by atoms with Gasteiger partial charge < -0.3 is 9.59 Å². The lowest BCUT2D eigenvalue weighted by molar-refractivity contribution is -0.120. The van der Waals surface area contributed by atoms with Crippen LogP contribution in [0.3, 0.4) is 0 Å². The van der Waals surface area contributed by atoms with Crippen molar-refractivity contribution in [3.05, 3.63) is 23.8 Å². The topological polar surface area (TPSA) is 34.1 Å². The Hall–Kier alpha value is -1.18. The minimum Gasteiger partial charge on any atom is -0.303 e. The van der Waals surface area contributed by atoms with Crippen molar-refractivity contribution in [2.45, 2.75) is 13.8 Å². The molecule has 0 aromatic heterocycles. The molecule has 0 saturated heterocycles. The molecule has 0 N–H and O–H groups in total. The third-order valence-electron chi connectivity index (χ3n) is 2.27. The first-order valence-corrected chi connectivity index (χ1v) is 3.91. The summed E-state index contributed by atoms with van der Waals surface area (Å²) >= 11 is 0. The summed E-state index contributed by atoms with van der Waals surface area (Å²) in [6, 6.07) is 0. The van der Waals surface area contributed by atoms with Crippen LogP contribution in [0.25, 0.3) is 0 Å². The highest BCUT2D eigenvalue weighted by Crippen LogP contribution is 2.31. The molecule has 1 aliphatic carbocycles. The summed E-state index contributed by atoms with van der Waals surface area (Å²) in [5.74, 6) is -0.306. The van der Waals surface area contributed by atoms with E-state index in [0.717, 1.165) is 18.1 Å². The second kappa shape index (κ2) is 3.05. The van der Waals surface area contributed by atoms with Crippen LogP contribution in [0.2, 0.25) is 0 Å². The fourth-order valence-electron chi connectivity index (χ4n) is 1.24. The zero-order chi connectivity index (χ0) is 9.19. The highest BCUT2D eigenvalue weighted by atomic mass is 16.1. The van der Waals surface area contributed by atoms with Crippen LogP contribution in [0, 0.1) is 11.3 Å². The molecule has 0 fully saturated rings. The third-order valence-corrected chi connectivity index (χ3v) is 2.27. The van der Waals surface area contributed by atoms with Crippen molar-refractivity contribution in [3.8, 4) is 0 Å². The van der Waals surface area contributed by atoms with Gasteiger partial charge in [0, 0.05) is 5.92 Å². The molecule has 0 spiro atoms. The van der Waals surface area contributed by atoms with Gasteiger partial charge in [-0.05, 0) is 13.8 Å². The summed E-state index contributed by atoms with van der Waals surface area (Å²) in [6.07, 6.45) is 7.12. The Morgan fingerprint density at radius 2 is 2.17 bits per heavy atom. The molecule has 0 radical (unpaired) electrons. The maximum Gasteiger partial charge on any atom is 0.130 e. The zero-order valence-corrected chi connectivity index (χ0v) is 7.28. The van der Waals surface area contributed by atoms with E-state index in [1.54, 1.807) is 13.0 Å². The Kier molecular flexibility index (Phi) is 2.27. The molecule has 2 atom stereocenters. The molecule has 64 valence electrons. The summed E-state index contributed by atoms with van der Waals surface area (Å²) in [7, 11) is 0. The van der Waals surface area contributed by atoms with Gasteiger partial charge in [-0.3, -0.25) is 0 Å². The molecule has 1 aliphatic rings. The van der Waals surface area contributed by atoms with Crippen LogP contribution >= 0.6 is 0 Å². The van der Waals surface area contributed by atoms with Crippen molar-refractivity contribution in [1.29, 1.82) is 0 Å². The highest BCUT2D eigenvalue weighted by Gasteiger charge is 2.31. The molecule has 0 bridgehead atoms. The molecule has 0 aliphatic heterocycles. The fraction of sp³-hybridized carbons (Fsp3) is 0.400. The van der Waals surface area contributed by atoms with Gasteiger partial charge >= 0.3 is 0 Å². The normalized spacial score (nSPS) is 34.2. The predicted molar refractivity (Wildman–Crippen MR) is 46.6 cm³/mol. The van der Waals surface area contributed by atoms with Crippen LogP contribution in [0.4, 0.5) is 0 Å². The van der Waals surface area contributed by atoms with E-state index in [-0.39, 0.29) is 5.92 Å². The van der Waals surface area contributed by atoms with Crippen LogP contribution < -0.4 is 0 Å². The molecule has 2 heteroatoms. The summed E-state index contributed by atoms with van der Waals surface area (Å²) < 4.78 is 0. The van der Waals surface area contributed by atoms with Gasteiger partial charge in [-0.2, -0.15) is 0 Å². The van der Waals surface area contributed by atoms with E-state index >= 15 is 0 Å². The maximum absolute atomic E-state index is 10.7. The highest BCUT2D eigenvalue weighted by molar-refractivity contribution is 5.74. The summed E-state index contributed by atoms with van der Waals surface area (Å²) in [5.41, 5.74) is 0.396. The number of hydrogen-bond donors (Lipinski definition) is 0. The van der Waals surface area contributed by atoms with Gasteiger partial charge in [0.15, 0.2) is 0 Å². The zero-order valence-electron chi connectivity index (χ0n) is 7.28. The van der Waals surface area contributed by atoms with Crippen LogP contribution in [0.15, 0.2) is 23.8 Å². The van der Waals surface area contributed by atoms with Crippen molar-refractivity contribution in [2.75, 3.05) is 0 Å². The van der Waals surface area contributed by atoms with Gasteiger partial charge in [-0.25, -0.2) is 0 Å². The van der Waals surface area contributed by atoms with E-state index in [0.29, 0.717) is 0 Å². The Morgan fingerprint density at radius 3 is 2.67 bits per heavy atom. The molecule has 0 amide bonds. The molecular formula is C10H12O2. The average Bonchev–Trinajstić information content (AvgIpc) is 2.09. The molecule has 0 heterocycles. The van der Waals surface area contributed by atoms with Crippen LogP contribution in [-0.2, 0) is 9.59 Å². The number of carbonyl (C=O) groups excluding carboxylic acids is 2. The second-order valence-corrected chi connectivity index (χ2v) is 3.39. The molecule has 1 rings (SSSR count). The summed E-state index contributed by atoms with van der Waals surface area (Å²) in [5, 5.41) is 0. The average molecular weight is 164 g/mol. The maximum atomic E-state index is 10.7. The molecule has 0 aromatic carbocycles. The smallest absolute Gasteiger partial charge is 0.130 e. The molecule has 2 unspecified atom stereocenters. The molecule has 0 aromatic rings. The van der Waals surface area contributed by atoms with Crippen molar-refractivity contribution in [1.82, 2.24) is 0 Å². The lowest BCUT2D eigenvalue weighted by Gasteiger charge is -2.26. The summed E-state index contributed by atoms with van der Waals surface area (Å²) in [6.45, 7) is 3.68. The van der Waals surface area contributed by atoms with Gasteiger partial charge in [-0.15, -0.1) is 0 Å². The predicted octanol–water partition coefficient (Wildman–Crippen LogP) is 1.52. The number of rotatable bonds is 2. The monoisotopic (exact) mass is 164 g/mol. The first-order chi connectivity index (χ1) is 5.62. The quantitative estimate of drug-likeness (QED) is 0.580. The minimum atomic E-state index is -0.638. The molecule has 2 nitrogen and oxygen atoms in total. The Balaban J connectivity index is 3.01. The Labute approximate surface area is 72.0 Å². The van der Waals surface area contributed by atoms with E-state index in [4.69, 9.17) is 0 Å². The molecular weight excluding hydrogens is 152 g/mol. The van der Waals surface area contributed by atoms with E-state index in [9.17, 15) is 9.59 Å². The van der Waals surface area contributed by atoms with E-state index in [1.807, 2.05) is 19.1 Å². The van der Waals surface area contributed by atoms with Gasteiger partial charge in [-0.1, -0.05) is 23.8 Å². The van der Waals surface area contributed by atoms with Crippen molar-refractivity contribution in [2.24, 2.45) is 11.3 Å². The first-order valence-electron chi connectivity index (χ1n) is 3.91. The third kappa shape index (κ3) is 1.37. The minimum absolute atomic E-state index is 0.306. The van der Waals surface area contributed by atoms with E-state index < -0.39 is 5.41 Å². The second-order valence-electron chi connectivity index (χ2n) is 3.39. The van der Waals surface area contributed by atoms with Gasteiger partial charge in [0.2, 0.25) is 0 Å². The lowest BCUT2D eigenvalue weighted by atomic mass is 9.75. The van der Waals surface area contributed by atoms with Crippen LogP contribution in [-0.4, -0.2) is 12.6 Å². The van der Waals surface area contributed by atoms with Crippen molar-refractivity contribution >= 4 is 12.6 Å². The number of allylic oxidation sites excluding steroid dienone is 4. The number of hydrogen-bond acceptors (Lipinski definition) is 2. The van der Waals surface area contributed by atoms with Gasteiger partial charge in [0.05, 0.1) is 5.41 Å². The molecule has 0 saturated carbocycles. The van der Waals surface area contributed by atoms with Crippen molar-refractivity contribution < 1.29 is 9.59 Å². The molecule has 12 heavy (non-hydrogen) atoms. The van der Waals surface area contributed by atoms with Gasteiger partial charge in [0.1, 0.15) is 12.6 Å². The number of aldehydes is 2. The summed E-state index contributed by atoms with van der Waals surface area (Å²) in [4.78, 5) is 21.4. The number of carbonyl (C=O) groups is 2. The largest absolute Gasteiger partial charge is 0.303 e. The Morgan fingerprint density at radius 1 is 1.50 bits per heavy atom. The van der Waals surface area contributed by atoms with E-state index in [1.165, 1.54) is 0 Å². The van der Waals surface area contributed by atoms with Crippen molar-refractivity contribution in [3.63, 3.8) is 0 Å². The van der Waals surface area contributed by atoms with Crippen LogP contribution in [0.5, 0.6) is 0 Å². The van der Waals surface area contributed by atoms with E-state index in [2.05, 4.69) is 0 Å². The fourth-order valence-corrected chi connectivity index (χ4v) is 1.24. The lowest BCUT2D eigenvalue weighted by Crippen LogP contribution is -2.28. The standard InChI is InChI=1S/C10H12O2/c1-8-3-4-10(2,7-12)9(5-8)6-11/h3-7,9H,1-2H3. The first kappa shape index (κ1) is 8.91. The van der Waals surface area contributed by atoms with Gasteiger partial charge in [0.25, 0.3) is 0 Å².